The highest BCUT2D eigenvalue weighted by Crippen LogP contribution is 2.36. The molecule has 0 amide bonds. The Balaban J connectivity index is 1.83. The fourth-order valence-electron chi connectivity index (χ4n) is 3.80. The van der Waals surface area contributed by atoms with Gasteiger partial charge in [-0.2, -0.15) is 0 Å². The van der Waals surface area contributed by atoms with Gasteiger partial charge in [0.1, 0.15) is 6.10 Å². The fourth-order valence-corrected chi connectivity index (χ4v) is 3.80. The van der Waals surface area contributed by atoms with Gasteiger partial charge in [-0.05, 0) is 22.8 Å². The van der Waals surface area contributed by atoms with Gasteiger partial charge in [-0.3, -0.25) is 0 Å². The molecule has 4 rings (SSSR count). The summed E-state index contributed by atoms with van der Waals surface area (Å²) in [6, 6.07) is 30.8. The normalized spacial score (nSPS) is 15.0. The largest absolute Gasteiger partial charge is 0.382 e. The molecule has 1 unspecified atom stereocenters. The zero-order valence-corrected chi connectivity index (χ0v) is 16.3. The first kappa shape index (κ1) is 19.0. The van der Waals surface area contributed by atoms with E-state index in [1.165, 1.54) is 11.1 Å². The van der Waals surface area contributed by atoms with Crippen LogP contribution in [0, 0.1) is 0 Å². The van der Waals surface area contributed by atoms with E-state index in [4.69, 9.17) is 0 Å². The Kier molecular flexibility index (Phi) is 6.04. The molecule has 0 bridgehead atoms. The zero-order valence-electron chi connectivity index (χ0n) is 16.3. The lowest BCUT2D eigenvalue weighted by atomic mass is 9.94. The summed E-state index contributed by atoms with van der Waals surface area (Å²) in [7, 11) is 0. The molecule has 0 aromatic heterocycles. The molecule has 0 aliphatic carbocycles. The molecule has 2 nitrogen and oxygen atoms in total. The number of nitrogens with zero attached hydrogens (tertiary/aromatic N) is 1. The number of hydrogen-bond donors (Lipinski definition) is 1. The Morgan fingerprint density at radius 2 is 1.14 bits per heavy atom. The molecule has 2 heteroatoms. The summed E-state index contributed by atoms with van der Waals surface area (Å²) in [6.45, 7) is 0.703. The summed E-state index contributed by atoms with van der Waals surface area (Å²) < 4.78 is 0. The van der Waals surface area contributed by atoms with Crippen molar-refractivity contribution in [2.75, 3.05) is 6.54 Å². The third kappa shape index (κ3) is 4.39. The second kappa shape index (κ2) is 9.22. The highest BCUT2D eigenvalue weighted by atomic mass is 16.3. The molecule has 1 heterocycles. The molecule has 144 valence electrons. The minimum Gasteiger partial charge on any atom is -0.382 e. The third-order valence-corrected chi connectivity index (χ3v) is 5.20. The summed E-state index contributed by atoms with van der Waals surface area (Å²) in [5.74, 6) is 0. The van der Waals surface area contributed by atoms with Crippen LogP contribution < -0.4 is 0 Å². The second-order valence-electron chi connectivity index (χ2n) is 7.09. The maximum absolute atomic E-state index is 11.3. The summed E-state index contributed by atoms with van der Waals surface area (Å²) >= 11 is 0. The lowest BCUT2D eigenvalue weighted by Gasteiger charge is -2.38. The van der Waals surface area contributed by atoms with Gasteiger partial charge in [0.05, 0.1) is 6.04 Å². The predicted molar refractivity (Wildman–Crippen MR) is 119 cm³/mol. The molecule has 1 aliphatic heterocycles. The van der Waals surface area contributed by atoms with Gasteiger partial charge in [-0.25, -0.2) is 0 Å². The highest BCUT2D eigenvalue weighted by molar-refractivity contribution is 5.37. The van der Waals surface area contributed by atoms with Gasteiger partial charge < -0.3 is 10.0 Å². The van der Waals surface area contributed by atoms with Crippen LogP contribution in [0.3, 0.4) is 0 Å². The molecule has 0 saturated heterocycles. The molecule has 1 N–H and O–H groups in total. The number of aliphatic hydroxyl groups excluding tert-OH is 1. The quantitative estimate of drug-likeness (QED) is 0.604. The standard InChI is InChI=1S/C27H25NO/c29-27(24-18-10-5-11-19-24)25-20-12-1-2-13-21-28(25)26(22-14-6-3-7-15-22)23-16-8-4-9-17-23/h1-20,26-27,29H,21H2. The number of allylic oxidation sites excluding steroid dienone is 4. The topological polar surface area (TPSA) is 23.5 Å². The van der Waals surface area contributed by atoms with Crippen LogP contribution in [0.1, 0.15) is 28.8 Å². The van der Waals surface area contributed by atoms with Crippen molar-refractivity contribution in [2.45, 2.75) is 12.1 Å². The summed E-state index contributed by atoms with van der Waals surface area (Å²) in [5.41, 5.74) is 4.17. The molecular formula is C27H25NO. The van der Waals surface area contributed by atoms with Crippen LogP contribution in [0.5, 0.6) is 0 Å². The molecule has 3 aromatic carbocycles. The van der Waals surface area contributed by atoms with E-state index in [2.05, 4.69) is 65.6 Å². The van der Waals surface area contributed by atoms with Crippen molar-refractivity contribution in [2.24, 2.45) is 0 Å². The Hall–Kier alpha value is -3.36. The van der Waals surface area contributed by atoms with E-state index in [9.17, 15) is 5.11 Å². The summed E-state index contributed by atoms with van der Waals surface area (Å²) in [6.07, 6.45) is 9.52. The molecule has 1 aliphatic rings. The van der Waals surface area contributed by atoms with E-state index in [0.29, 0.717) is 6.54 Å². The Morgan fingerprint density at radius 3 is 1.69 bits per heavy atom. The lowest BCUT2D eigenvalue weighted by molar-refractivity contribution is 0.156. The van der Waals surface area contributed by atoms with Gasteiger partial charge in [0.25, 0.3) is 0 Å². The lowest BCUT2D eigenvalue weighted by Crippen LogP contribution is -2.32. The molecule has 0 fully saturated rings. The first-order chi connectivity index (χ1) is 14.3. The van der Waals surface area contributed by atoms with Crippen LogP contribution in [0.25, 0.3) is 0 Å². The van der Waals surface area contributed by atoms with Crippen LogP contribution in [-0.2, 0) is 0 Å². The molecule has 1 atom stereocenters. The van der Waals surface area contributed by atoms with Crippen molar-refractivity contribution in [1.82, 2.24) is 4.90 Å². The second-order valence-corrected chi connectivity index (χ2v) is 7.09. The summed E-state index contributed by atoms with van der Waals surface area (Å²) in [5, 5.41) is 11.3. The smallest absolute Gasteiger partial charge is 0.119 e. The van der Waals surface area contributed by atoms with Crippen LogP contribution >= 0.6 is 0 Å². The Morgan fingerprint density at radius 1 is 0.621 bits per heavy atom. The van der Waals surface area contributed by atoms with E-state index in [0.717, 1.165) is 11.3 Å². The minimum absolute atomic E-state index is 0.00170. The van der Waals surface area contributed by atoms with Crippen molar-refractivity contribution < 1.29 is 5.11 Å². The van der Waals surface area contributed by atoms with Gasteiger partial charge in [0.2, 0.25) is 0 Å². The number of rotatable bonds is 5. The average molecular weight is 380 g/mol. The van der Waals surface area contributed by atoms with Crippen LogP contribution in [-0.4, -0.2) is 16.6 Å². The van der Waals surface area contributed by atoms with E-state index in [1.807, 2.05) is 60.7 Å². The molecular weight excluding hydrogens is 354 g/mol. The maximum Gasteiger partial charge on any atom is 0.119 e. The van der Waals surface area contributed by atoms with Crippen molar-refractivity contribution in [1.29, 1.82) is 0 Å². The Bertz CT molecular complexity index is 951. The molecule has 0 saturated carbocycles. The van der Waals surface area contributed by atoms with Gasteiger partial charge in [-0.1, -0.05) is 115 Å². The molecule has 29 heavy (non-hydrogen) atoms. The fraction of sp³-hybridized carbons (Fsp3) is 0.111. The van der Waals surface area contributed by atoms with E-state index in [-0.39, 0.29) is 6.04 Å². The van der Waals surface area contributed by atoms with Crippen molar-refractivity contribution in [3.8, 4) is 0 Å². The van der Waals surface area contributed by atoms with Crippen LogP contribution in [0.15, 0.2) is 127 Å². The third-order valence-electron chi connectivity index (χ3n) is 5.20. The highest BCUT2D eigenvalue weighted by Gasteiger charge is 2.27. The van der Waals surface area contributed by atoms with E-state index in [1.54, 1.807) is 0 Å². The number of benzene rings is 3. The molecule has 0 radical (unpaired) electrons. The maximum atomic E-state index is 11.3. The zero-order chi connectivity index (χ0) is 19.9. The number of aliphatic hydroxyl groups is 1. The van der Waals surface area contributed by atoms with Crippen LogP contribution in [0.2, 0.25) is 0 Å². The minimum atomic E-state index is -0.706. The first-order valence-electron chi connectivity index (χ1n) is 9.97. The Labute approximate surface area is 172 Å². The number of hydrogen-bond acceptors (Lipinski definition) is 2. The average Bonchev–Trinajstić information content (AvgIpc) is 2.77. The van der Waals surface area contributed by atoms with E-state index >= 15 is 0 Å². The first-order valence-corrected chi connectivity index (χ1v) is 9.97. The van der Waals surface area contributed by atoms with Gasteiger partial charge in [0.15, 0.2) is 0 Å². The van der Waals surface area contributed by atoms with Gasteiger partial charge in [0, 0.05) is 12.2 Å². The SMILES string of the molecule is OC(C1=CC=CC=CCN1C(c1ccccc1)c1ccccc1)c1ccccc1. The van der Waals surface area contributed by atoms with E-state index < -0.39 is 6.10 Å². The summed E-state index contributed by atoms with van der Waals surface area (Å²) in [4.78, 5) is 2.29. The monoisotopic (exact) mass is 379 g/mol. The van der Waals surface area contributed by atoms with Crippen molar-refractivity contribution in [3.05, 3.63) is 144 Å². The van der Waals surface area contributed by atoms with Crippen molar-refractivity contribution >= 4 is 0 Å². The predicted octanol–water partition coefficient (Wildman–Crippen LogP) is 5.82. The van der Waals surface area contributed by atoms with Gasteiger partial charge >= 0.3 is 0 Å². The molecule has 3 aromatic rings. The van der Waals surface area contributed by atoms with Gasteiger partial charge in [-0.15, -0.1) is 0 Å². The van der Waals surface area contributed by atoms with Crippen molar-refractivity contribution in [3.63, 3.8) is 0 Å². The van der Waals surface area contributed by atoms with Crippen LogP contribution in [0.4, 0.5) is 0 Å². The molecule has 0 spiro atoms.